The Hall–Kier alpha value is -1.88. The van der Waals surface area contributed by atoms with Gasteiger partial charge in [-0.15, -0.1) is 0 Å². The third-order valence-corrected chi connectivity index (χ3v) is 2.52. The first kappa shape index (κ1) is 14.2. The fourth-order valence-electron chi connectivity index (χ4n) is 1.63. The van der Waals surface area contributed by atoms with Gasteiger partial charge in [-0.1, -0.05) is 17.7 Å². The Bertz CT molecular complexity index is 431. The number of hydrogen-bond donors (Lipinski definition) is 2. The number of amides is 1. The molecule has 0 aromatic heterocycles. The summed E-state index contributed by atoms with van der Waals surface area (Å²) in [6, 6.07) is 7.08. The Kier molecular flexibility index (Phi) is 5.32. The second kappa shape index (κ2) is 6.76. The second-order valence-electron chi connectivity index (χ2n) is 4.03. The smallest absolute Gasteiger partial charge is 0.305 e. The fraction of sp³-hybridized carbons (Fsp3) is 0.385. The Labute approximate surface area is 106 Å². The summed E-state index contributed by atoms with van der Waals surface area (Å²) in [5, 5.41) is 17.5. The van der Waals surface area contributed by atoms with Gasteiger partial charge in [0.2, 0.25) is 0 Å². The molecule has 5 heteroatoms. The Morgan fingerprint density at radius 3 is 2.56 bits per heavy atom. The van der Waals surface area contributed by atoms with Crippen molar-refractivity contribution in [2.75, 3.05) is 19.7 Å². The highest BCUT2D eigenvalue weighted by Crippen LogP contribution is 2.08. The number of aliphatic carboxylic acids is 1. The quantitative estimate of drug-likeness (QED) is 0.787. The standard InChI is InChI=1S/C13H17NO4/c1-10-3-2-4-11(9-10)13(18)14(7-8-15)6-5-12(16)17/h2-4,9,15H,5-8H2,1H3,(H,16,17). The van der Waals surface area contributed by atoms with Gasteiger partial charge in [-0.05, 0) is 19.1 Å². The predicted octanol–water partition coefficient (Wildman–Crippen LogP) is 0.904. The molecule has 1 rings (SSSR count). The molecule has 2 N–H and O–H groups in total. The van der Waals surface area contributed by atoms with Crippen LogP contribution in [0.3, 0.4) is 0 Å². The third kappa shape index (κ3) is 4.18. The maximum Gasteiger partial charge on any atom is 0.305 e. The van der Waals surface area contributed by atoms with E-state index in [1.54, 1.807) is 18.2 Å². The summed E-state index contributed by atoms with van der Waals surface area (Å²) in [6.45, 7) is 1.93. The van der Waals surface area contributed by atoms with Gasteiger partial charge in [0, 0.05) is 18.7 Å². The molecule has 0 bridgehead atoms. The molecule has 1 aromatic rings. The molecule has 0 unspecified atom stereocenters. The number of aliphatic hydroxyl groups is 1. The molecule has 0 spiro atoms. The Balaban J connectivity index is 2.78. The number of carboxylic acid groups (broad SMARTS) is 1. The van der Waals surface area contributed by atoms with Crippen LogP contribution in [0.5, 0.6) is 0 Å². The van der Waals surface area contributed by atoms with Crippen molar-refractivity contribution >= 4 is 11.9 Å². The Morgan fingerprint density at radius 1 is 1.28 bits per heavy atom. The van der Waals surface area contributed by atoms with E-state index < -0.39 is 5.97 Å². The van der Waals surface area contributed by atoms with Crippen molar-refractivity contribution in [2.24, 2.45) is 0 Å². The van der Waals surface area contributed by atoms with Gasteiger partial charge in [0.05, 0.1) is 13.0 Å². The molecule has 1 amide bonds. The predicted molar refractivity (Wildman–Crippen MR) is 66.4 cm³/mol. The average molecular weight is 251 g/mol. The van der Waals surface area contributed by atoms with Crippen LogP contribution in [0.4, 0.5) is 0 Å². The fourth-order valence-corrected chi connectivity index (χ4v) is 1.63. The summed E-state index contributed by atoms with van der Waals surface area (Å²) in [5.74, 6) is -1.22. The molecule has 0 aliphatic carbocycles. The van der Waals surface area contributed by atoms with E-state index in [1.165, 1.54) is 4.90 Å². The van der Waals surface area contributed by atoms with E-state index in [2.05, 4.69) is 0 Å². The lowest BCUT2D eigenvalue weighted by Gasteiger charge is -2.21. The number of hydrogen-bond acceptors (Lipinski definition) is 3. The topological polar surface area (TPSA) is 77.8 Å². The highest BCUT2D eigenvalue weighted by molar-refractivity contribution is 5.94. The summed E-state index contributed by atoms with van der Waals surface area (Å²) in [6.07, 6.45) is -0.127. The van der Waals surface area contributed by atoms with Crippen LogP contribution in [0, 0.1) is 6.92 Å². The van der Waals surface area contributed by atoms with Crippen molar-refractivity contribution in [2.45, 2.75) is 13.3 Å². The van der Waals surface area contributed by atoms with Crippen LogP contribution in [-0.2, 0) is 4.79 Å². The second-order valence-corrected chi connectivity index (χ2v) is 4.03. The van der Waals surface area contributed by atoms with Crippen molar-refractivity contribution in [3.05, 3.63) is 35.4 Å². The summed E-state index contributed by atoms with van der Waals surface area (Å²) in [5.41, 5.74) is 1.47. The van der Waals surface area contributed by atoms with Crippen molar-refractivity contribution < 1.29 is 19.8 Å². The van der Waals surface area contributed by atoms with Crippen LogP contribution in [0.15, 0.2) is 24.3 Å². The monoisotopic (exact) mass is 251 g/mol. The first-order valence-electron chi connectivity index (χ1n) is 5.73. The van der Waals surface area contributed by atoms with Gasteiger partial charge in [-0.2, -0.15) is 0 Å². The van der Waals surface area contributed by atoms with Crippen LogP contribution < -0.4 is 0 Å². The lowest BCUT2D eigenvalue weighted by Crippen LogP contribution is -2.35. The van der Waals surface area contributed by atoms with E-state index in [0.29, 0.717) is 5.56 Å². The largest absolute Gasteiger partial charge is 0.481 e. The maximum absolute atomic E-state index is 12.1. The molecule has 98 valence electrons. The Morgan fingerprint density at radius 2 is 2.00 bits per heavy atom. The number of aliphatic hydroxyl groups excluding tert-OH is 1. The summed E-state index contributed by atoms with van der Waals surface area (Å²) >= 11 is 0. The molecule has 0 radical (unpaired) electrons. The van der Waals surface area contributed by atoms with Crippen LogP contribution in [0.25, 0.3) is 0 Å². The molecule has 5 nitrogen and oxygen atoms in total. The molecule has 18 heavy (non-hydrogen) atoms. The van der Waals surface area contributed by atoms with Crippen LogP contribution >= 0.6 is 0 Å². The van der Waals surface area contributed by atoms with Crippen molar-refractivity contribution in [1.82, 2.24) is 4.90 Å². The summed E-state index contributed by atoms with van der Waals surface area (Å²) < 4.78 is 0. The van der Waals surface area contributed by atoms with E-state index in [9.17, 15) is 9.59 Å². The molecule has 0 saturated heterocycles. The van der Waals surface area contributed by atoms with Crippen LogP contribution in [0.2, 0.25) is 0 Å². The number of rotatable bonds is 6. The number of carbonyl (C=O) groups is 2. The van der Waals surface area contributed by atoms with E-state index in [-0.39, 0.29) is 32.0 Å². The average Bonchev–Trinajstić information content (AvgIpc) is 2.33. The van der Waals surface area contributed by atoms with Crippen LogP contribution in [-0.4, -0.2) is 46.7 Å². The summed E-state index contributed by atoms with van der Waals surface area (Å²) in [4.78, 5) is 24.0. The lowest BCUT2D eigenvalue weighted by atomic mass is 10.1. The molecule has 0 atom stereocenters. The van der Waals surface area contributed by atoms with Gasteiger partial charge in [0.1, 0.15) is 0 Å². The number of nitrogens with zero attached hydrogens (tertiary/aromatic N) is 1. The first-order chi connectivity index (χ1) is 8.54. The zero-order chi connectivity index (χ0) is 13.5. The minimum absolute atomic E-state index is 0.0999. The van der Waals surface area contributed by atoms with Crippen molar-refractivity contribution in [3.8, 4) is 0 Å². The van der Waals surface area contributed by atoms with E-state index in [4.69, 9.17) is 10.2 Å². The maximum atomic E-state index is 12.1. The number of benzene rings is 1. The van der Waals surface area contributed by atoms with Gasteiger partial charge in [-0.25, -0.2) is 0 Å². The normalized spacial score (nSPS) is 10.1. The highest BCUT2D eigenvalue weighted by Gasteiger charge is 2.16. The van der Waals surface area contributed by atoms with Crippen LogP contribution in [0.1, 0.15) is 22.3 Å². The van der Waals surface area contributed by atoms with E-state index >= 15 is 0 Å². The van der Waals surface area contributed by atoms with Gasteiger partial charge in [-0.3, -0.25) is 9.59 Å². The SMILES string of the molecule is Cc1cccc(C(=O)N(CCO)CCC(=O)O)c1. The molecular formula is C13H17NO4. The van der Waals surface area contributed by atoms with Crippen molar-refractivity contribution in [1.29, 1.82) is 0 Å². The first-order valence-corrected chi connectivity index (χ1v) is 5.73. The zero-order valence-corrected chi connectivity index (χ0v) is 10.3. The minimum Gasteiger partial charge on any atom is -0.481 e. The summed E-state index contributed by atoms with van der Waals surface area (Å²) in [7, 11) is 0. The molecule has 0 saturated carbocycles. The molecular weight excluding hydrogens is 234 g/mol. The minimum atomic E-state index is -0.963. The number of aryl methyl sites for hydroxylation is 1. The molecule has 0 fully saturated rings. The molecule has 0 heterocycles. The van der Waals surface area contributed by atoms with Gasteiger partial charge in [0.15, 0.2) is 0 Å². The molecule has 1 aromatic carbocycles. The van der Waals surface area contributed by atoms with Gasteiger partial charge in [0.25, 0.3) is 5.91 Å². The lowest BCUT2D eigenvalue weighted by molar-refractivity contribution is -0.137. The van der Waals surface area contributed by atoms with Gasteiger partial charge < -0.3 is 15.1 Å². The zero-order valence-electron chi connectivity index (χ0n) is 10.3. The number of carboxylic acids is 1. The van der Waals surface area contributed by atoms with Gasteiger partial charge >= 0.3 is 5.97 Å². The van der Waals surface area contributed by atoms with E-state index in [0.717, 1.165) is 5.56 Å². The highest BCUT2D eigenvalue weighted by atomic mass is 16.4. The number of carbonyl (C=O) groups excluding carboxylic acids is 1. The molecule has 0 aliphatic heterocycles. The van der Waals surface area contributed by atoms with E-state index in [1.807, 2.05) is 13.0 Å². The third-order valence-electron chi connectivity index (χ3n) is 2.52. The van der Waals surface area contributed by atoms with Crippen molar-refractivity contribution in [3.63, 3.8) is 0 Å². The molecule has 0 aliphatic rings.